The summed E-state index contributed by atoms with van der Waals surface area (Å²) in [7, 11) is -4.33. The second-order valence-electron chi connectivity index (χ2n) is 4.38. The van der Waals surface area contributed by atoms with Crippen LogP contribution in [0.1, 0.15) is 5.56 Å². The fourth-order valence-electron chi connectivity index (χ4n) is 1.65. The SMILES string of the molecule is N#CN(OCc1ccc(Br)cc1)C(=O)S(=O)(=O)c1ccccc1. The fourth-order valence-corrected chi connectivity index (χ4v) is 2.94. The number of nitrogens with zero attached hydrogens (tertiary/aromatic N) is 2. The van der Waals surface area contributed by atoms with E-state index in [2.05, 4.69) is 15.9 Å². The molecule has 0 bridgehead atoms. The molecular formula is C15H11BrN2O4S. The van der Waals surface area contributed by atoms with Gasteiger partial charge in [-0.2, -0.15) is 5.26 Å². The Kier molecular flexibility index (Phi) is 5.50. The van der Waals surface area contributed by atoms with E-state index in [0.717, 1.165) is 4.47 Å². The molecule has 0 aliphatic heterocycles. The summed E-state index contributed by atoms with van der Waals surface area (Å²) in [6.45, 7) is -0.114. The molecular weight excluding hydrogens is 384 g/mol. The average Bonchev–Trinajstić information content (AvgIpc) is 2.57. The highest BCUT2D eigenvalue weighted by Crippen LogP contribution is 2.16. The van der Waals surface area contributed by atoms with Crippen molar-refractivity contribution in [2.45, 2.75) is 11.5 Å². The molecule has 2 aromatic rings. The minimum atomic E-state index is -4.33. The first-order valence-corrected chi connectivity index (χ1v) is 8.64. The van der Waals surface area contributed by atoms with Crippen molar-refractivity contribution in [1.29, 1.82) is 5.26 Å². The van der Waals surface area contributed by atoms with Gasteiger partial charge in [0.05, 0.1) is 4.90 Å². The van der Waals surface area contributed by atoms with Gasteiger partial charge < -0.3 is 0 Å². The molecule has 0 aliphatic carbocycles. The van der Waals surface area contributed by atoms with E-state index in [4.69, 9.17) is 10.1 Å². The molecule has 0 aromatic heterocycles. The zero-order valence-electron chi connectivity index (χ0n) is 11.7. The van der Waals surface area contributed by atoms with Gasteiger partial charge in [-0.1, -0.05) is 46.3 Å². The summed E-state index contributed by atoms with van der Waals surface area (Å²) in [5, 5.41) is 7.73. The first-order chi connectivity index (χ1) is 10.9. The second kappa shape index (κ2) is 7.37. The van der Waals surface area contributed by atoms with E-state index in [1.807, 2.05) is 0 Å². The summed E-state index contributed by atoms with van der Waals surface area (Å²) in [4.78, 5) is 16.9. The van der Waals surface area contributed by atoms with E-state index >= 15 is 0 Å². The van der Waals surface area contributed by atoms with Crippen molar-refractivity contribution in [2.24, 2.45) is 0 Å². The number of rotatable bonds is 4. The number of hydrogen-bond donors (Lipinski definition) is 0. The predicted molar refractivity (Wildman–Crippen MR) is 85.4 cm³/mol. The van der Waals surface area contributed by atoms with Crippen LogP contribution in [0.15, 0.2) is 64.0 Å². The standard InChI is InChI=1S/C15H11BrN2O4S/c16-13-8-6-12(7-9-13)10-22-18(11-17)15(19)23(20,21)14-4-2-1-3-5-14/h1-9H,10H2. The van der Waals surface area contributed by atoms with Crippen molar-refractivity contribution in [3.8, 4) is 6.19 Å². The predicted octanol–water partition coefficient (Wildman–Crippen LogP) is 3.26. The molecule has 0 saturated heterocycles. The number of carbonyl (C=O) groups is 1. The van der Waals surface area contributed by atoms with Gasteiger partial charge in [0.15, 0.2) is 0 Å². The maximum absolute atomic E-state index is 12.2. The normalized spacial score (nSPS) is 10.8. The second-order valence-corrected chi connectivity index (χ2v) is 7.12. The number of halogens is 1. The third-order valence-electron chi connectivity index (χ3n) is 2.81. The topological polar surface area (TPSA) is 87.5 Å². The number of nitriles is 1. The Hall–Kier alpha value is -2.21. The molecule has 0 aliphatic rings. The highest BCUT2D eigenvalue weighted by atomic mass is 79.9. The van der Waals surface area contributed by atoms with Crippen LogP contribution in [0.25, 0.3) is 0 Å². The minimum Gasteiger partial charge on any atom is -0.252 e. The highest BCUT2D eigenvalue weighted by molar-refractivity contribution is 9.10. The molecule has 2 aromatic carbocycles. The molecule has 1 amide bonds. The van der Waals surface area contributed by atoms with Gasteiger partial charge in [0.1, 0.15) is 6.61 Å². The first kappa shape index (κ1) is 17.1. The number of hydrogen-bond acceptors (Lipinski definition) is 5. The number of benzene rings is 2. The van der Waals surface area contributed by atoms with E-state index in [-0.39, 0.29) is 16.6 Å². The van der Waals surface area contributed by atoms with Gasteiger partial charge in [-0.3, -0.25) is 9.63 Å². The van der Waals surface area contributed by atoms with Crippen LogP contribution in [0.2, 0.25) is 0 Å². The van der Waals surface area contributed by atoms with Gasteiger partial charge in [0, 0.05) is 4.47 Å². The van der Waals surface area contributed by atoms with Crippen molar-refractivity contribution in [2.75, 3.05) is 0 Å². The lowest BCUT2D eigenvalue weighted by Gasteiger charge is -2.13. The summed E-state index contributed by atoms with van der Waals surface area (Å²) in [5.41, 5.74) is 0.679. The lowest BCUT2D eigenvalue weighted by Crippen LogP contribution is -2.31. The monoisotopic (exact) mass is 394 g/mol. The zero-order chi connectivity index (χ0) is 16.9. The third-order valence-corrected chi connectivity index (χ3v) is 4.86. The van der Waals surface area contributed by atoms with Crippen LogP contribution in [0.4, 0.5) is 4.79 Å². The molecule has 6 nitrogen and oxygen atoms in total. The maximum Gasteiger partial charge on any atom is 0.381 e. The van der Waals surface area contributed by atoms with E-state index < -0.39 is 15.1 Å². The van der Waals surface area contributed by atoms with Crippen LogP contribution in [-0.4, -0.2) is 18.7 Å². The Bertz CT molecular complexity index is 830. The first-order valence-electron chi connectivity index (χ1n) is 6.36. The molecule has 0 fully saturated rings. The van der Waals surface area contributed by atoms with Crippen LogP contribution in [0, 0.1) is 11.5 Å². The van der Waals surface area contributed by atoms with Gasteiger partial charge in [-0.05, 0) is 29.8 Å². The van der Waals surface area contributed by atoms with E-state index in [1.165, 1.54) is 30.5 Å². The van der Waals surface area contributed by atoms with Crippen molar-refractivity contribution < 1.29 is 18.0 Å². The lowest BCUT2D eigenvalue weighted by molar-refractivity contribution is -0.0771. The number of sulfone groups is 1. The number of amides is 1. The Morgan fingerprint density at radius 2 is 1.74 bits per heavy atom. The summed E-state index contributed by atoms with van der Waals surface area (Å²) in [6.07, 6.45) is 1.43. The molecule has 0 spiro atoms. The van der Waals surface area contributed by atoms with Crippen molar-refractivity contribution in [3.05, 3.63) is 64.6 Å². The fraction of sp³-hybridized carbons (Fsp3) is 0.0667. The van der Waals surface area contributed by atoms with Gasteiger partial charge in [-0.25, -0.2) is 8.42 Å². The number of hydroxylamine groups is 2. The molecule has 0 N–H and O–H groups in total. The Balaban J connectivity index is 2.13. The van der Waals surface area contributed by atoms with Crippen molar-refractivity contribution in [1.82, 2.24) is 5.06 Å². The summed E-state index contributed by atoms with van der Waals surface area (Å²) >= 11 is 3.28. The van der Waals surface area contributed by atoms with E-state index in [0.29, 0.717) is 5.56 Å². The van der Waals surface area contributed by atoms with Crippen LogP contribution in [-0.2, 0) is 21.3 Å². The van der Waals surface area contributed by atoms with Crippen LogP contribution >= 0.6 is 15.9 Å². The van der Waals surface area contributed by atoms with E-state index in [1.54, 1.807) is 30.3 Å². The molecule has 2 rings (SSSR count). The molecule has 0 heterocycles. The quantitative estimate of drug-likeness (QED) is 0.451. The third kappa shape index (κ3) is 4.16. The van der Waals surface area contributed by atoms with Crippen molar-refractivity contribution in [3.63, 3.8) is 0 Å². The van der Waals surface area contributed by atoms with Crippen LogP contribution in [0.5, 0.6) is 0 Å². The lowest BCUT2D eigenvalue weighted by atomic mass is 10.2. The average molecular weight is 395 g/mol. The van der Waals surface area contributed by atoms with Crippen LogP contribution in [0.3, 0.4) is 0 Å². The maximum atomic E-state index is 12.2. The molecule has 0 atom stereocenters. The van der Waals surface area contributed by atoms with Gasteiger partial charge >= 0.3 is 5.24 Å². The molecule has 0 unspecified atom stereocenters. The summed E-state index contributed by atoms with van der Waals surface area (Å²) in [5.74, 6) is 0. The largest absolute Gasteiger partial charge is 0.381 e. The molecule has 8 heteroatoms. The number of carbonyl (C=O) groups excluding carboxylic acids is 1. The van der Waals surface area contributed by atoms with Gasteiger partial charge in [0.25, 0.3) is 9.84 Å². The van der Waals surface area contributed by atoms with Gasteiger partial charge in [0.2, 0.25) is 6.19 Å². The Morgan fingerprint density at radius 1 is 1.13 bits per heavy atom. The smallest absolute Gasteiger partial charge is 0.252 e. The molecule has 118 valence electrons. The summed E-state index contributed by atoms with van der Waals surface area (Å²) < 4.78 is 25.2. The zero-order valence-corrected chi connectivity index (χ0v) is 14.1. The van der Waals surface area contributed by atoms with Gasteiger partial charge in [-0.15, -0.1) is 5.06 Å². The molecule has 0 radical (unpaired) electrons. The highest BCUT2D eigenvalue weighted by Gasteiger charge is 2.31. The Morgan fingerprint density at radius 3 is 2.30 bits per heavy atom. The summed E-state index contributed by atoms with van der Waals surface area (Å²) in [6, 6.07) is 14.1. The molecule has 23 heavy (non-hydrogen) atoms. The van der Waals surface area contributed by atoms with E-state index in [9.17, 15) is 13.2 Å². The Labute approximate surface area is 141 Å². The minimum absolute atomic E-state index is 0.114. The molecule has 0 saturated carbocycles. The van der Waals surface area contributed by atoms with Crippen molar-refractivity contribution >= 4 is 31.0 Å². The van der Waals surface area contributed by atoms with Crippen LogP contribution < -0.4 is 0 Å².